The van der Waals surface area contributed by atoms with Gasteiger partial charge in [0.2, 0.25) is 5.91 Å². The van der Waals surface area contributed by atoms with Crippen molar-refractivity contribution >= 4 is 22.7 Å². The molecular weight excluding hydrogens is 232 g/mol. The van der Waals surface area contributed by atoms with Gasteiger partial charge in [-0.05, 0) is 5.56 Å². The minimum Gasteiger partial charge on any atom is -0.341 e. The molecule has 1 aliphatic heterocycles. The van der Waals surface area contributed by atoms with E-state index >= 15 is 0 Å². The van der Waals surface area contributed by atoms with Gasteiger partial charge in [-0.15, -0.1) is 11.8 Å². The van der Waals surface area contributed by atoms with E-state index in [-0.39, 0.29) is 5.91 Å². The van der Waals surface area contributed by atoms with Gasteiger partial charge in [-0.1, -0.05) is 30.3 Å². The third-order valence-corrected chi connectivity index (χ3v) is 3.63. The number of carbonyl (C=O) groups is 1. The van der Waals surface area contributed by atoms with Crippen molar-refractivity contribution in [1.82, 2.24) is 4.90 Å². The molecule has 0 N–H and O–H groups in total. The molecule has 0 atom stereocenters. The number of carbonyl (C=O) groups excluding carboxylic acids is 1. The minimum atomic E-state index is 0.141. The average molecular weight is 248 g/mol. The highest BCUT2D eigenvalue weighted by molar-refractivity contribution is 8.14. The quantitative estimate of drug-likeness (QED) is 0.818. The summed E-state index contributed by atoms with van der Waals surface area (Å²) in [5.41, 5.74) is 1.16. The minimum absolute atomic E-state index is 0.141. The Morgan fingerprint density at radius 3 is 2.82 bits per heavy atom. The zero-order valence-corrected chi connectivity index (χ0v) is 10.7. The van der Waals surface area contributed by atoms with Crippen molar-refractivity contribution in [2.45, 2.75) is 13.0 Å². The molecule has 0 saturated carbocycles. The highest BCUT2D eigenvalue weighted by atomic mass is 32.2. The molecule has 1 aromatic carbocycles. The molecule has 0 aromatic heterocycles. The van der Waals surface area contributed by atoms with Gasteiger partial charge in [0.15, 0.2) is 0 Å². The third kappa shape index (κ3) is 3.60. The first-order valence-corrected chi connectivity index (χ1v) is 6.68. The van der Waals surface area contributed by atoms with Crippen LogP contribution in [0.25, 0.3) is 0 Å². The van der Waals surface area contributed by atoms with E-state index in [0.717, 1.165) is 22.9 Å². The zero-order valence-electron chi connectivity index (χ0n) is 9.93. The van der Waals surface area contributed by atoms with Crippen LogP contribution in [0, 0.1) is 0 Å². The summed E-state index contributed by atoms with van der Waals surface area (Å²) in [6.45, 7) is 1.52. The molecule has 1 aromatic rings. The summed E-state index contributed by atoms with van der Waals surface area (Å²) in [5.74, 6) is 1.16. The molecule has 0 aliphatic carbocycles. The maximum atomic E-state index is 11.9. The molecule has 1 amide bonds. The first kappa shape index (κ1) is 12.2. The number of thioether (sulfide) groups is 1. The molecule has 0 spiro atoms. The maximum Gasteiger partial charge on any atom is 0.229 e. The molecule has 4 heteroatoms. The molecule has 1 heterocycles. The van der Waals surface area contributed by atoms with Crippen LogP contribution in [0.4, 0.5) is 0 Å². The SMILES string of the molecule is CN(Cc1ccccc1)C(=O)CC1=NCCS1. The van der Waals surface area contributed by atoms with Gasteiger partial charge in [-0.2, -0.15) is 0 Å². The predicted molar refractivity (Wildman–Crippen MR) is 72.3 cm³/mol. The molecule has 0 saturated heterocycles. The Balaban J connectivity index is 1.87. The summed E-state index contributed by atoms with van der Waals surface area (Å²) in [6, 6.07) is 10.0. The van der Waals surface area contributed by atoms with E-state index in [0.29, 0.717) is 13.0 Å². The Hall–Kier alpha value is -1.29. The molecule has 0 radical (unpaired) electrons. The smallest absolute Gasteiger partial charge is 0.229 e. The molecule has 3 nitrogen and oxygen atoms in total. The highest BCUT2D eigenvalue weighted by Gasteiger charge is 2.15. The topological polar surface area (TPSA) is 32.7 Å². The Morgan fingerprint density at radius 2 is 2.18 bits per heavy atom. The van der Waals surface area contributed by atoms with Crippen LogP contribution in [0.1, 0.15) is 12.0 Å². The van der Waals surface area contributed by atoms with Crippen molar-refractivity contribution in [2.75, 3.05) is 19.3 Å². The van der Waals surface area contributed by atoms with E-state index in [1.807, 2.05) is 37.4 Å². The van der Waals surface area contributed by atoms with Crippen molar-refractivity contribution in [3.63, 3.8) is 0 Å². The van der Waals surface area contributed by atoms with Crippen LogP contribution in [-0.2, 0) is 11.3 Å². The summed E-state index contributed by atoms with van der Waals surface area (Å²) in [7, 11) is 1.84. The number of aliphatic imine (C=N–C) groups is 1. The maximum absolute atomic E-state index is 11.9. The summed E-state index contributed by atoms with van der Waals surface area (Å²) in [4.78, 5) is 18.0. The van der Waals surface area contributed by atoms with Gasteiger partial charge in [0.05, 0.1) is 11.5 Å². The predicted octanol–water partition coefficient (Wildman–Crippen LogP) is 2.18. The van der Waals surface area contributed by atoms with Gasteiger partial charge in [0, 0.05) is 25.9 Å². The van der Waals surface area contributed by atoms with Crippen molar-refractivity contribution < 1.29 is 4.79 Å². The lowest BCUT2D eigenvalue weighted by Crippen LogP contribution is -2.27. The lowest BCUT2D eigenvalue weighted by atomic mass is 10.2. The summed E-state index contributed by atoms with van der Waals surface area (Å²) < 4.78 is 0. The molecule has 0 unspecified atom stereocenters. The second-order valence-corrected chi connectivity index (χ2v) is 5.20. The average Bonchev–Trinajstić information content (AvgIpc) is 2.83. The summed E-state index contributed by atoms with van der Waals surface area (Å²) >= 11 is 1.70. The monoisotopic (exact) mass is 248 g/mol. The Kier molecular flexibility index (Phi) is 4.20. The number of hydrogen-bond acceptors (Lipinski definition) is 3. The highest BCUT2D eigenvalue weighted by Crippen LogP contribution is 2.15. The van der Waals surface area contributed by atoms with Crippen LogP contribution in [-0.4, -0.2) is 35.2 Å². The van der Waals surface area contributed by atoms with Gasteiger partial charge >= 0.3 is 0 Å². The number of hydrogen-bond donors (Lipinski definition) is 0. The van der Waals surface area contributed by atoms with Crippen molar-refractivity contribution in [2.24, 2.45) is 4.99 Å². The van der Waals surface area contributed by atoms with Gasteiger partial charge in [0.25, 0.3) is 0 Å². The van der Waals surface area contributed by atoms with E-state index in [1.165, 1.54) is 0 Å². The van der Waals surface area contributed by atoms with Crippen molar-refractivity contribution in [3.8, 4) is 0 Å². The van der Waals surface area contributed by atoms with Gasteiger partial charge in [-0.25, -0.2) is 0 Å². The van der Waals surface area contributed by atoms with Crippen LogP contribution in [0.2, 0.25) is 0 Å². The molecule has 0 fully saturated rings. The lowest BCUT2D eigenvalue weighted by Gasteiger charge is -2.17. The first-order chi connectivity index (χ1) is 8.25. The molecule has 17 heavy (non-hydrogen) atoms. The molecule has 90 valence electrons. The van der Waals surface area contributed by atoms with Crippen LogP contribution in [0.3, 0.4) is 0 Å². The van der Waals surface area contributed by atoms with Crippen LogP contribution in [0.15, 0.2) is 35.3 Å². The molecular formula is C13H16N2OS. The van der Waals surface area contributed by atoms with E-state index in [9.17, 15) is 4.79 Å². The van der Waals surface area contributed by atoms with E-state index < -0.39 is 0 Å². The van der Waals surface area contributed by atoms with Crippen molar-refractivity contribution in [3.05, 3.63) is 35.9 Å². The normalized spacial score (nSPS) is 14.5. The fraction of sp³-hybridized carbons (Fsp3) is 0.385. The van der Waals surface area contributed by atoms with Gasteiger partial charge in [0.1, 0.15) is 0 Å². The van der Waals surface area contributed by atoms with Gasteiger partial charge < -0.3 is 4.90 Å². The van der Waals surface area contributed by atoms with Crippen LogP contribution in [0.5, 0.6) is 0 Å². The standard InChI is InChI=1S/C13H16N2OS/c1-15(10-11-5-3-2-4-6-11)13(16)9-12-14-7-8-17-12/h2-6H,7-10H2,1H3. The zero-order chi connectivity index (χ0) is 12.1. The largest absolute Gasteiger partial charge is 0.341 e. The Bertz CT molecular complexity index is 417. The fourth-order valence-electron chi connectivity index (χ4n) is 1.70. The van der Waals surface area contributed by atoms with Crippen LogP contribution >= 0.6 is 11.8 Å². The number of amides is 1. The van der Waals surface area contributed by atoms with E-state index in [2.05, 4.69) is 4.99 Å². The summed E-state index contributed by atoms with van der Waals surface area (Å²) in [6.07, 6.45) is 0.452. The number of nitrogens with zero attached hydrogens (tertiary/aromatic N) is 2. The first-order valence-electron chi connectivity index (χ1n) is 5.70. The van der Waals surface area contributed by atoms with Crippen molar-refractivity contribution in [1.29, 1.82) is 0 Å². The molecule has 1 aliphatic rings. The van der Waals surface area contributed by atoms with Gasteiger partial charge in [-0.3, -0.25) is 9.79 Å². The number of rotatable bonds is 4. The second kappa shape index (κ2) is 5.87. The Morgan fingerprint density at radius 1 is 1.41 bits per heavy atom. The third-order valence-electron chi connectivity index (χ3n) is 2.64. The van der Waals surface area contributed by atoms with E-state index in [4.69, 9.17) is 0 Å². The van der Waals surface area contributed by atoms with E-state index in [1.54, 1.807) is 16.7 Å². The second-order valence-electron chi connectivity index (χ2n) is 4.04. The summed E-state index contributed by atoms with van der Waals surface area (Å²) in [5, 5.41) is 0.981. The Labute approximate surface area is 106 Å². The van der Waals surface area contributed by atoms with Crippen LogP contribution < -0.4 is 0 Å². The fourth-order valence-corrected chi connectivity index (χ4v) is 2.52. The number of benzene rings is 1. The molecule has 2 rings (SSSR count). The lowest BCUT2D eigenvalue weighted by molar-refractivity contribution is -0.129. The molecule has 0 bridgehead atoms.